The molecule has 1 N–H and O–H groups in total. The summed E-state index contributed by atoms with van der Waals surface area (Å²) in [7, 11) is 0. The highest BCUT2D eigenvalue weighted by molar-refractivity contribution is 9.10. The number of anilines is 1. The lowest BCUT2D eigenvalue weighted by Gasteiger charge is -2.03. The SMILES string of the molecule is Cc1cc(NC=CC(=O)c2ccc(Br)cc2)ccc1Br. The fraction of sp³-hybridized carbons (Fsp3) is 0.0625. The average Bonchev–Trinajstić information content (AvgIpc) is 2.43. The van der Waals surface area contributed by atoms with E-state index in [4.69, 9.17) is 0 Å². The topological polar surface area (TPSA) is 29.1 Å². The van der Waals surface area contributed by atoms with Gasteiger partial charge in [0.2, 0.25) is 0 Å². The fourth-order valence-corrected chi connectivity index (χ4v) is 2.17. The van der Waals surface area contributed by atoms with Crippen LogP contribution in [0.15, 0.2) is 63.7 Å². The Hall–Kier alpha value is -1.39. The van der Waals surface area contributed by atoms with Crippen molar-refractivity contribution in [3.05, 3.63) is 74.8 Å². The van der Waals surface area contributed by atoms with Crippen LogP contribution in [0.3, 0.4) is 0 Å². The number of hydrogen-bond acceptors (Lipinski definition) is 2. The Balaban J connectivity index is 2.00. The fourth-order valence-electron chi connectivity index (χ4n) is 1.66. The minimum Gasteiger partial charge on any atom is -0.362 e. The van der Waals surface area contributed by atoms with Crippen LogP contribution in [0, 0.1) is 6.92 Å². The van der Waals surface area contributed by atoms with Gasteiger partial charge in [-0.2, -0.15) is 0 Å². The smallest absolute Gasteiger partial charge is 0.187 e. The Morgan fingerprint density at radius 3 is 2.45 bits per heavy atom. The molecular weight excluding hydrogens is 382 g/mol. The summed E-state index contributed by atoms with van der Waals surface area (Å²) in [6.45, 7) is 2.02. The molecule has 0 aromatic heterocycles. The molecule has 0 radical (unpaired) electrons. The van der Waals surface area contributed by atoms with Crippen molar-refractivity contribution in [2.24, 2.45) is 0 Å². The molecule has 0 fully saturated rings. The van der Waals surface area contributed by atoms with Gasteiger partial charge in [0.15, 0.2) is 5.78 Å². The molecule has 0 heterocycles. The average molecular weight is 395 g/mol. The molecule has 0 saturated carbocycles. The zero-order valence-electron chi connectivity index (χ0n) is 10.9. The molecule has 0 aliphatic rings. The molecule has 0 atom stereocenters. The molecular formula is C16H13Br2NO. The highest BCUT2D eigenvalue weighted by atomic mass is 79.9. The first kappa shape index (κ1) is 15.0. The second-order valence-corrected chi connectivity index (χ2v) is 6.08. The highest BCUT2D eigenvalue weighted by Crippen LogP contribution is 2.20. The van der Waals surface area contributed by atoms with Crippen molar-refractivity contribution in [1.82, 2.24) is 0 Å². The first-order valence-electron chi connectivity index (χ1n) is 6.05. The zero-order chi connectivity index (χ0) is 14.5. The van der Waals surface area contributed by atoms with Crippen molar-refractivity contribution >= 4 is 43.3 Å². The minimum atomic E-state index is -0.0289. The van der Waals surface area contributed by atoms with E-state index in [1.54, 1.807) is 18.3 Å². The number of carbonyl (C=O) groups excluding carboxylic acids is 1. The largest absolute Gasteiger partial charge is 0.362 e. The second kappa shape index (κ2) is 6.86. The van der Waals surface area contributed by atoms with Crippen LogP contribution in [-0.2, 0) is 0 Å². The molecule has 0 saturated heterocycles. The van der Waals surface area contributed by atoms with Gasteiger partial charge in [0.1, 0.15) is 0 Å². The van der Waals surface area contributed by atoms with Crippen molar-refractivity contribution in [1.29, 1.82) is 0 Å². The van der Waals surface area contributed by atoms with Crippen LogP contribution in [0.2, 0.25) is 0 Å². The summed E-state index contributed by atoms with van der Waals surface area (Å²) in [5.74, 6) is -0.0289. The van der Waals surface area contributed by atoms with E-state index >= 15 is 0 Å². The van der Waals surface area contributed by atoms with E-state index in [-0.39, 0.29) is 5.78 Å². The van der Waals surface area contributed by atoms with Crippen LogP contribution in [0.25, 0.3) is 0 Å². The number of rotatable bonds is 4. The van der Waals surface area contributed by atoms with E-state index in [9.17, 15) is 4.79 Å². The summed E-state index contributed by atoms with van der Waals surface area (Å²) < 4.78 is 2.03. The molecule has 0 aliphatic carbocycles. The predicted molar refractivity (Wildman–Crippen MR) is 90.1 cm³/mol. The van der Waals surface area contributed by atoms with Crippen LogP contribution in [0.1, 0.15) is 15.9 Å². The van der Waals surface area contributed by atoms with Crippen LogP contribution < -0.4 is 5.32 Å². The summed E-state index contributed by atoms with van der Waals surface area (Å²) >= 11 is 6.80. The number of ketones is 1. The molecule has 20 heavy (non-hydrogen) atoms. The maximum atomic E-state index is 11.9. The van der Waals surface area contributed by atoms with Crippen molar-refractivity contribution in [2.75, 3.05) is 5.32 Å². The van der Waals surface area contributed by atoms with Gasteiger partial charge in [-0.25, -0.2) is 0 Å². The Morgan fingerprint density at radius 1 is 1.10 bits per heavy atom. The molecule has 2 aromatic carbocycles. The second-order valence-electron chi connectivity index (χ2n) is 4.31. The standard InChI is InChI=1S/C16H13Br2NO/c1-11-10-14(6-7-15(11)18)19-9-8-16(20)12-2-4-13(17)5-3-12/h2-10,19H,1H3. The number of halogens is 2. The number of hydrogen-bond donors (Lipinski definition) is 1. The summed E-state index contributed by atoms with van der Waals surface area (Å²) in [5.41, 5.74) is 2.76. The van der Waals surface area contributed by atoms with Gasteiger partial charge in [0, 0.05) is 32.5 Å². The molecule has 2 aromatic rings. The Bertz CT molecular complexity index is 648. The monoisotopic (exact) mass is 393 g/mol. The molecule has 0 amide bonds. The minimum absolute atomic E-state index is 0.0289. The van der Waals surface area contributed by atoms with Gasteiger partial charge in [-0.15, -0.1) is 0 Å². The molecule has 2 rings (SSSR count). The maximum Gasteiger partial charge on any atom is 0.187 e. The summed E-state index contributed by atoms with van der Waals surface area (Å²) in [6, 6.07) is 13.2. The Kier molecular flexibility index (Phi) is 5.15. The third kappa shape index (κ3) is 4.05. The van der Waals surface area contributed by atoms with E-state index in [0.717, 1.165) is 20.2 Å². The Morgan fingerprint density at radius 2 is 1.80 bits per heavy atom. The molecule has 4 heteroatoms. The first-order chi connectivity index (χ1) is 9.56. The van der Waals surface area contributed by atoms with Crippen LogP contribution in [0.4, 0.5) is 5.69 Å². The number of allylic oxidation sites excluding steroid dienone is 1. The van der Waals surface area contributed by atoms with Crippen molar-refractivity contribution in [3.63, 3.8) is 0 Å². The number of aryl methyl sites for hydroxylation is 1. The van der Waals surface area contributed by atoms with Gasteiger partial charge in [-0.3, -0.25) is 4.79 Å². The number of benzene rings is 2. The van der Waals surface area contributed by atoms with Gasteiger partial charge in [0.05, 0.1) is 0 Å². The van der Waals surface area contributed by atoms with E-state index in [2.05, 4.69) is 37.2 Å². The molecule has 0 unspecified atom stereocenters. The van der Waals surface area contributed by atoms with E-state index in [1.165, 1.54) is 6.08 Å². The third-order valence-corrected chi connectivity index (χ3v) is 4.19. The van der Waals surface area contributed by atoms with Gasteiger partial charge < -0.3 is 5.32 Å². The van der Waals surface area contributed by atoms with E-state index in [1.807, 2.05) is 37.3 Å². The summed E-state index contributed by atoms with van der Waals surface area (Å²) in [4.78, 5) is 11.9. The van der Waals surface area contributed by atoms with E-state index in [0.29, 0.717) is 5.56 Å². The molecule has 2 nitrogen and oxygen atoms in total. The summed E-state index contributed by atoms with van der Waals surface area (Å²) in [6.07, 6.45) is 3.19. The van der Waals surface area contributed by atoms with Gasteiger partial charge >= 0.3 is 0 Å². The van der Waals surface area contributed by atoms with Gasteiger partial charge in [-0.05, 0) is 55.0 Å². The van der Waals surface area contributed by atoms with Crippen molar-refractivity contribution in [3.8, 4) is 0 Å². The number of carbonyl (C=O) groups is 1. The quantitative estimate of drug-likeness (QED) is 0.560. The Labute approximate surface area is 135 Å². The molecule has 0 spiro atoms. The maximum absolute atomic E-state index is 11.9. The van der Waals surface area contributed by atoms with Crippen molar-refractivity contribution in [2.45, 2.75) is 6.92 Å². The zero-order valence-corrected chi connectivity index (χ0v) is 14.0. The first-order valence-corrected chi connectivity index (χ1v) is 7.64. The molecule has 0 aliphatic heterocycles. The molecule has 102 valence electrons. The number of nitrogens with one attached hydrogen (secondary N) is 1. The van der Waals surface area contributed by atoms with Crippen LogP contribution >= 0.6 is 31.9 Å². The summed E-state index contributed by atoms with van der Waals surface area (Å²) in [5, 5.41) is 3.09. The van der Waals surface area contributed by atoms with Gasteiger partial charge in [-0.1, -0.05) is 31.9 Å². The third-order valence-electron chi connectivity index (χ3n) is 2.77. The predicted octanol–water partition coefficient (Wildman–Crippen LogP) is 5.33. The van der Waals surface area contributed by atoms with Crippen LogP contribution in [-0.4, -0.2) is 5.78 Å². The normalized spacial score (nSPS) is 10.8. The van der Waals surface area contributed by atoms with Gasteiger partial charge in [0.25, 0.3) is 0 Å². The van der Waals surface area contributed by atoms with Crippen molar-refractivity contribution < 1.29 is 4.79 Å². The van der Waals surface area contributed by atoms with Crippen LogP contribution in [0.5, 0.6) is 0 Å². The molecule has 0 bridgehead atoms. The van der Waals surface area contributed by atoms with E-state index < -0.39 is 0 Å². The lowest BCUT2D eigenvalue weighted by molar-refractivity contribution is 0.104. The lowest BCUT2D eigenvalue weighted by atomic mass is 10.1. The lowest BCUT2D eigenvalue weighted by Crippen LogP contribution is -1.96. The highest BCUT2D eigenvalue weighted by Gasteiger charge is 2.00.